The zero-order valence-corrected chi connectivity index (χ0v) is 25.6. The number of aliphatic hydroxyl groups is 1. The minimum atomic E-state index is -2.00. The van der Waals surface area contributed by atoms with E-state index in [9.17, 15) is 5.11 Å². The first-order chi connectivity index (χ1) is 18.5. The molecule has 1 saturated heterocycles. The highest BCUT2D eigenvalue weighted by Gasteiger charge is 2.39. The summed E-state index contributed by atoms with van der Waals surface area (Å²) in [6.07, 6.45) is 6.54. The Morgan fingerprint density at radius 1 is 1.13 bits per heavy atom. The van der Waals surface area contributed by atoms with E-state index in [-0.39, 0.29) is 17.3 Å². The predicted molar refractivity (Wildman–Crippen MR) is 156 cm³/mol. The number of hydrogen-bond donors (Lipinski definition) is 1. The number of aliphatic hydroxyl groups excluding tert-OH is 1. The molecule has 39 heavy (non-hydrogen) atoms. The Balaban J connectivity index is 1.57. The molecule has 216 valence electrons. The van der Waals surface area contributed by atoms with Crippen LogP contribution >= 0.6 is 0 Å². The number of rotatable bonds is 12. The van der Waals surface area contributed by atoms with Gasteiger partial charge in [-0.05, 0) is 69.4 Å². The summed E-state index contributed by atoms with van der Waals surface area (Å²) in [7, 11) is -2.00. The third-order valence-electron chi connectivity index (χ3n) is 7.70. The van der Waals surface area contributed by atoms with Crippen molar-refractivity contribution in [1.29, 1.82) is 0 Å². The molecule has 9 nitrogen and oxygen atoms in total. The molecular formula is C29H46N4O5Si. The van der Waals surface area contributed by atoms with Gasteiger partial charge in [-0.15, -0.1) is 0 Å². The molecule has 0 radical (unpaired) electrons. The number of hydrogen-bond acceptors (Lipinski definition) is 7. The van der Waals surface area contributed by atoms with Crippen LogP contribution in [-0.4, -0.2) is 72.1 Å². The molecular weight excluding hydrogens is 512 g/mol. The molecule has 0 saturated carbocycles. The van der Waals surface area contributed by atoms with Gasteiger partial charge < -0.3 is 23.7 Å². The average Bonchev–Trinajstić information content (AvgIpc) is 3.50. The topological polar surface area (TPSA) is 92.8 Å². The smallest absolute Gasteiger partial charge is 0.250 e. The second kappa shape index (κ2) is 12.5. The van der Waals surface area contributed by atoms with E-state index in [0.717, 1.165) is 53.8 Å². The molecule has 0 amide bonds. The van der Waals surface area contributed by atoms with Gasteiger partial charge in [0.15, 0.2) is 6.23 Å². The molecule has 0 spiro atoms. The van der Waals surface area contributed by atoms with Crippen molar-refractivity contribution in [2.45, 2.75) is 90.4 Å². The van der Waals surface area contributed by atoms with E-state index in [1.807, 2.05) is 21.8 Å². The maximum atomic E-state index is 9.28. The van der Waals surface area contributed by atoms with Gasteiger partial charge in [-0.2, -0.15) is 10.2 Å². The van der Waals surface area contributed by atoms with Crippen LogP contribution in [-0.2, 0) is 14.2 Å². The SMILES string of the molecule is CC(O)COCCOCC(C)n1cc(-c2nn(C3CCCCO3)c3ccc(O[Si](C)(C)C(C)(C)C)cc23)cn1. The number of nitrogens with zero attached hydrogens (tertiary/aromatic N) is 4. The zero-order valence-electron chi connectivity index (χ0n) is 24.6. The number of fused-ring (bicyclic) bond motifs is 1. The second-order valence-corrected chi connectivity index (χ2v) is 16.9. The first-order valence-electron chi connectivity index (χ1n) is 14.2. The normalized spacial score (nSPS) is 18.4. The largest absolute Gasteiger partial charge is 0.543 e. The third kappa shape index (κ3) is 7.29. The van der Waals surface area contributed by atoms with Gasteiger partial charge >= 0.3 is 0 Å². The first-order valence-corrected chi connectivity index (χ1v) is 17.1. The number of aromatic nitrogens is 4. The van der Waals surface area contributed by atoms with Gasteiger partial charge in [0, 0.05) is 23.8 Å². The Labute approximate surface area is 233 Å². The summed E-state index contributed by atoms with van der Waals surface area (Å²) in [6.45, 7) is 17.6. The lowest BCUT2D eigenvalue weighted by molar-refractivity contribution is -0.0365. The van der Waals surface area contributed by atoms with Crippen molar-refractivity contribution < 1.29 is 23.7 Å². The van der Waals surface area contributed by atoms with Crippen molar-refractivity contribution in [1.82, 2.24) is 19.6 Å². The summed E-state index contributed by atoms with van der Waals surface area (Å²) in [5, 5.41) is 20.1. The van der Waals surface area contributed by atoms with Gasteiger partial charge in [0.1, 0.15) is 11.4 Å². The monoisotopic (exact) mass is 558 g/mol. The summed E-state index contributed by atoms with van der Waals surface area (Å²) in [4.78, 5) is 0. The maximum Gasteiger partial charge on any atom is 0.250 e. The van der Waals surface area contributed by atoms with Gasteiger partial charge in [0.2, 0.25) is 8.32 Å². The van der Waals surface area contributed by atoms with E-state index in [4.69, 9.17) is 23.7 Å². The van der Waals surface area contributed by atoms with Crippen molar-refractivity contribution in [3.8, 4) is 17.0 Å². The summed E-state index contributed by atoms with van der Waals surface area (Å²) in [6, 6.07) is 6.37. The molecule has 3 aromatic rings. The van der Waals surface area contributed by atoms with E-state index < -0.39 is 14.4 Å². The van der Waals surface area contributed by atoms with Crippen molar-refractivity contribution >= 4 is 19.2 Å². The van der Waals surface area contributed by atoms with Crippen molar-refractivity contribution in [2.75, 3.05) is 33.0 Å². The zero-order chi connectivity index (χ0) is 28.2. The average molecular weight is 559 g/mol. The summed E-state index contributed by atoms with van der Waals surface area (Å²) < 4.78 is 27.9. The van der Waals surface area contributed by atoms with Gasteiger partial charge in [-0.25, -0.2) is 4.68 Å². The molecule has 4 rings (SSSR count). The van der Waals surface area contributed by atoms with Crippen LogP contribution in [0.4, 0.5) is 0 Å². The molecule has 3 heterocycles. The molecule has 10 heteroatoms. The molecule has 3 atom stereocenters. The molecule has 1 aromatic carbocycles. The van der Waals surface area contributed by atoms with Crippen LogP contribution in [0.25, 0.3) is 22.2 Å². The molecule has 1 fully saturated rings. The van der Waals surface area contributed by atoms with Crippen LogP contribution in [0, 0.1) is 0 Å². The summed E-state index contributed by atoms with van der Waals surface area (Å²) >= 11 is 0. The summed E-state index contributed by atoms with van der Waals surface area (Å²) in [5.74, 6) is 0.881. The Bertz CT molecular complexity index is 1210. The van der Waals surface area contributed by atoms with Crippen LogP contribution in [0.15, 0.2) is 30.6 Å². The van der Waals surface area contributed by atoms with Gasteiger partial charge in [-0.1, -0.05) is 20.8 Å². The minimum absolute atomic E-state index is 0.0445. The molecule has 2 aromatic heterocycles. The predicted octanol–water partition coefficient (Wildman–Crippen LogP) is 5.96. The fourth-order valence-corrected chi connectivity index (χ4v) is 5.41. The van der Waals surface area contributed by atoms with Crippen molar-refractivity contribution in [2.24, 2.45) is 0 Å². The van der Waals surface area contributed by atoms with Gasteiger partial charge in [0.05, 0.1) is 50.3 Å². The highest BCUT2D eigenvalue weighted by Crippen LogP contribution is 2.40. The fourth-order valence-electron chi connectivity index (χ4n) is 4.38. The van der Waals surface area contributed by atoms with E-state index >= 15 is 0 Å². The Hall–Kier alpha value is -2.24. The van der Waals surface area contributed by atoms with E-state index in [2.05, 4.69) is 64.1 Å². The van der Waals surface area contributed by atoms with Crippen LogP contribution in [0.3, 0.4) is 0 Å². The highest BCUT2D eigenvalue weighted by atomic mass is 28.4. The van der Waals surface area contributed by atoms with E-state index in [1.165, 1.54) is 0 Å². The Kier molecular flexibility index (Phi) is 9.54. The Morgan fingerprint density at radius 2 is 1.87 bits per heavy atom. The number of ether oxygens (including phenoxy) is 3. The van der Waals surface area contributed by atoms with Crippen LogP contribution in [0.1, 0.15) is 66.2 Å². The lowest BCUT2D eigenvalue weighted by Crippen LogP contribution is -2.43. The minimum Gasteiger partial charge on any atom is -0.543 e. The van der Waals surface area contributed by atoms with E-state index in [1.54, 1.807) is 6.92 Å². The third-order valence-corrected chi connectivity index (χ3v) is 12.1. The standard InChI is InChI=1S/C29H46N4O5Si/c1-21(19-35-14-15-36-20-22(2)34)32-18-23(17-30-32)28-25-16-24(38-39(6,7)29(3,4)5)11-12-26(25)33(31-28)27-10-8-9-13-37-27/h11-12,16-18,21-22,27,34H,8-10,13-15,19-20H2,1-7H3. The summed E-state index contributed by atoms with van der Waals surface area (Å²) in [5.41, 5.74) is 2.87. The molecule has 1 aliphatic heterocycles. The molecule has 0 bridgehead atoms. The van der Waals surface area contributed by atoms with Gasteiger partial charge in [-0.3, -0.25) is 4.68 Å². The quantitative estimate of drug-likeness (QED) is 0.217. The molecule has 1 aliphatic rings. The first kappa shape index (κ1) is 29.7. The van der Waals surface area contributed by atoms with Gasteiger partial charge in [0.25, 0.3) is 0 Å². The van der Waals surface area contributed by atoms with Crippen LogP contribution < -0.4 is 4.43 Å². The van der Waals surface area contributed by atoms with Crippen molar-refractivity contribution in [3.63, 3.8) is 0 Å². The second-order valence-electron chi connectivity index (χ2n) is 12.2. The van der Waals surface area contributed by atoms with E-state index in [0.29, 0.717) is 26.4 Å². The molecule has 1 N–H and O–H groups in total. The Morgan fingerprint density at radius 3 is 2.54 bits per heavy atom. The van der Waals surface area contributed by atoms with Crippen LogP contribution in [0.5, 0.6) is 5.75 Å². The molecule has 0 aliphatic carbocycles. The van der Waals surface area contributed by atoms with Crippen molar-refractivity contribution in [3.05, 3.63) is 30.6 Å². The number of benzene rings is 1. The van der Waals surface area contributed by atoms with Crippen LogP contribution in [0.2, 0.25) is 18.1 Å². The highest BCUT2D eigenvalue weighted by molar-refractivity contribution is 6.74. The lowest BCUT2D eigenvalue weighted by atomic mass is 10.1. The fraction of sp³-hybridized carbons (Fsp3) is 0.655. The molecule has 3 unspecified atom stereocenters. The lowest BCUT2D eigenvalue weighted by Gasteiger charge is -2.36. The maximum absolute atomic E-state index is 9.28.